The Morgan fingerprint density at radius 3 is 1.60 bits per heavy atom. The fourth-order valence-electron chi connectivity index (χ4n) is 3.24. The number of ether oxygens (including phenoxy) is 2. The normalized spacial score (nSPS) is 23.9. The molecular formula is C17H11F17N2O6. The Balaban J connectivity index is 2.61. The number of nitrogens with one attached hydrogen (secondary N) is 1. The van der Waals surface area contributed by atoms with Gasteiger partial charge in [0.15, 0.2) is 6.23 Å². The molecular weight excluding hydrogens is 651 g/mol. The van der Waals surface area contributed by atoms with E-state index in [1.165, 1.54) is 4.98 Å². The molecule has 1 fully saturated rings. The number of hydrogen-bond acceptors (Lipinski definition) is 6. The molecule has 3 N–H and O–H groups in total. The van der Waals surface area contributed by atoms with Crippen molar-refractivity contribution in [1.82, 2.24) is 9.55 Å². The average Bonchev–Trinajstić information content (AvgIpc) is 3.12. The van der Waals surface area contributed by atoms with Crippen LogP contribution in [0.5, 0.6) is 0 Å². The number of rotatable bonds is 10. The maximum atomic E-state index is 14.3. The molecule has 2 unspecified atom stereocenters. The molecule has 2 rings (SSSR count). The van der Waals surface area contributed by atoms with Gasteiger partial charge in [-0.1, -0.05) is 0 Å². The van der Waals surface area contributed by atoms with Crippen molar-refractivity contribution in [3.05, 3.63) is 33.1 Å². The summed E-state index contributed by atoms with van der Waals surface area (Å²) < 4.78 is 236. The molecule has 1 aliphatic heterocycles. The number of H-pyrrole nitrogens is 1. The van der Waals surface area contributed by atoms with Gasteiger partial charge in [-0.3, -0.25) is 14.3 Å². The van der Waals surface area contributed by atoms with E-state index in [9.17, 15) is 89.3 Å². The van der Waals surface area contributed by atoms with Crippen LogP contribution in [0, 0.1) is 0 Å². The maximum Gasteiger partial charge on any atom is 0.460 e. The molecule has 0 bridgehead atoms. The van der Waals surface area contributed by atoms with Crippen molar-refractivity contribution >= 4 is 0 Å². The highest BCUT2D eigenvalue weighted by atomic mass is 19.4. The molecule has 1 saturated heterocycles. The second-order valence-corrected chi connectivity index (χ2v) is 8.30. The van der Waals surface area contributed by atoms with E-state index < -0.39 is 90.2 Å². The summed E-state index contributed by atoms with van der Waals surface area (Å²) in [6, 6.07) is 0.376. The molecule has 42 heavy (non-hydrogen) atoms. The molecule has 2 heterocycles. The molecule has 0 amide bonds. The lowest BCUT2D eigenvalue weighted by molar-refractivity contribution is -0.481. The van der Waals surface area contributed by atoms with E-state index in [0.717, 1.165) is 0 Å². The lowest BCUT2D eigenvalue weighted by Gasteiger charge is -2.43. The van der Waals surface area contributed by atoms with Gasteiger partial charge in [0.1, 0.15) is 18.3 Å². The first kappa shape index (κ1) is 35.5. The molecule has 0 saturated carbocycles. The first-order valence-corrected chi connectivity index (χ1v) is 10.1. The number of alkyl halides is 17. The molecule has 8 nitrogen and oxygen atoms in total. The molecule has 0 aromatic carbocycles. The van der Waals surface area contributed by atoms with Crippen LogP contribution in [0.15, 0.2) is 21.9 Å². The Labute approximate surface area is 217 Å². The number of hydrogen-bond donors (Lipinski definition) is 3. The largest absolute Gasteiger partial charge is 0.460 e. The second kappa shape index (κ2) is 10.2. The third-order valence-corrected chi connectivity index (χ3v) is 5.60. The van der Waals surface area contributed by atoms with Crippen molar-refractivity contribution in [3.63, 3.8) is 0 Å². The highest BCUT2D eigenvalue weighted by Gasteiger charge is 2.95. The lowest BCUT2D eigenvalue weighted by atomic mass is 9.90. The zero-order valence-corrected chi connectivity index (χ0v) is 19.1. The third kappa shape index (κ3) is 4.89. The van der Waals surface area contributed by atoms with Crippen molar-refractivity contribution in [2.24, 2.45) is 0 Å². The monoisotopic (exact) mass is 662 g/mol. The van der Waals surface area contributed by atoms with Gasteiger partial charge in [0.05, 0.1) is 6.61 Å². The molecule has 1 aromatic heterocycles. The topological polar surface area (TPSA) is 114 Å². The van der Waals surface area contributed by atoms with Gasteiger partial charge in [0.2, 0.25) is 0 Å². The summed E-state index contributed by atoms with van der Waals surface area (Å²) >= 11 is 0. The van der Waals surface area contributed by atoms with E-state index in [0.29, 0.717) is 6.07 Å². The van der Waals surface area contributed by atoms with Gasteiger partial charge in [0, 0.05) is 12.3 Å². The number of aliphatic hydroxyl groups is 2. The van der Waals surface area contributed by atoms with Crippen molar-refractivity contribution in [2.75, 3.05) is 6.61 Å². The Bertz CT molecular complexity index is 1260. The quantitative estimate of drug-likeness (QED) is 0.332. The van der Waals surface area contributed by atoms with E-state index >= 15 is 0 Å². The number of aliphatic hydroxyl groups excluding tert-OH is 2. The van der Waals surface area contributed by atoms with Crippen LogP contribution in [0.3, 0.4) is 0 Å². The van der Waals surface area contributed by atoms with Crippen LogP contribution in [0.2, 0.25) is 0 Å². The number of halogens is 17. The Morgan fingerprint density at radius 1 is 0.762 bits per heavy atom. The molecule has 0 radical (unpaired) electrons. The lowest BCUT2D eigenvalue weighted by Crippen LogP contribution is -2.74. The predicted octanol–water partition coefficient (Wildman–Crippen LogP) is 3.14. The Kier molecular flexibility index (Phi) is 8.64. The van der Waals surface area contributed by atoms with E-state index in [2.05, 4.69) is 9.47 Å². The van der Waals surface area contributed by atoms with E-state index in [1.54, 1.807) is 0 Å². The van der Waals surface area contributed by atoms with Gasteiger partial charge in [-0.05, 0) is 0 Å². The van der Waals surface area contributed by atoms with Gasteiger partial charge >= 0.3 is 53.5 Å². The smallest absolute Gasteiger partial charge is 0.394 e. The van der Waals surface area contributed by atoms with Crippen LogP contribution in [0.25, 0.3) is 0 Å². The first-order valence-electron chi connectivity index (χ1n) is 10.1. The summed E-state index contributed by atoms with van der Waals surface area (Å²) in [7, 11) is 0. The third-order valence-electron chi connectivity index (χ3n) is 5.60. The molecule has 244 valence electrons. The predicted molar refractivity (Wildman–Crippen MR) is 93.9 cm³/mol. The summed E-state index contributed by atoms with van der Waals surface area (Å²) in [6.07, 6.45) is -26.3. The minimum Gasteiger partial charge on any atom is -0.394 e. The van der Waals surface area contributed by atoms with E-state index in [1.807, 2.05) is 0 Å². The fourth-order valence-corrected chi connectivity index (χ4v) is 3.24. The molecule has 4 atom stereocenters. The summed E-state index contributed by atoms with van der Waals surface area (Å²) in [4.78, 5) is 24.4. The SMILES string of the molecule is O=c1ccn([C@@H]2O[C@H](CO)C(O)C2OC(F)(F)C(F)(F)C(F)(F)C(F)(F)C(F)(F)C(F)(F)C(F)(F)C(F)(F)F)c(=O)[nH]1. The van der Waals surface area contributed by atoms with Crippen LogP contribution in [0.1, 0.15) is 6.23 Å². The molecule has 1 aromatic rings. The second-order valence-electron chi connectivity index (χ2n) is 8.30. The number of aromatic amines is 1. The van der Waals surface area contributed by atoms with E-state index in [4.69, 9.17) is 5.11 Å². The molecule has 25 heteroatoms. The Hall–Kier alpha value is -2.67. The van der Waals surface area contributed by atoms with E-state index in [-0.39, 0.29) is 10.8 Å². The minimum atomic E-state index is -8.86. The summed E-state index contributed by atoms with van der Waals surface area (Å²) in [5.41, 5.74) is -2.95. The molecule has 0 spiro atoms. The zero-order chi connectivity index (χ0) is 33.3. The van der Waals surface area contributed by atoms with Crippen molar-refractivity contribution in [2.45, 2.75) is 72.4 Å². The van der Waals surface area contributed by atoms with Gasteiger partial charge in [-0.2, -0.15) is 74.6 Å². The summed E-state index contributed by atoms with van der Waals surface area (Å²) in [5, 5.41) is 19.0. The van der Waals surface area contributed by atoms with Crippen molar-refractivity contribution < 1.29 is 94.3 Å². The number of aromatic nitrogens is 2. The van der Waals surface area contributed by atoms with Crippen molar-refractivity contribution in [3.8, 4) is 0 Å². The highest BCUT2D eigenvalue weighted by Crippen LogP contribution is 2.64. The minimum absolute atomic E-state index is 0.111. The highest BCUT2D eigenvalue weighted by molar-refractivity contribution is 5.14. The fraction of sp³-hybridized carbons (Fsp3) is 0.765. The number of nitrogens with zero attached hydrogens (tertiary/aromatic N) is 1. The van der Waals surface area contributed by atoms with Crippen LogP contribution in [-0.2, 0) is 9.47 Å². The molecule has 1 aliphatic rings. The van der Waals surface area contributed by atoms with Crippen LogP contribution in [-0.4, -0.2) is 92.5 Å². The standard InChI is InChI=1S/C17H11F17N2O6/c18-10(19,12(22,23)14(26,27)16(30,31)32)11(20,21)13(24,25)15(28,29)17(33,34)42-7-6(39)4(3-37)41-8(7)36-2-1-5(38)35-9(36)40/h1-2,4,6-8,37,39H,3H2,(H,35,38,40)/t4-,6?,7?,8-/m1/s1. The van der Waals surface area contributed by atoms with Gasteiger partial charge < -0.3 is 19.7 Å². The molecule has 0 aliphatic carbocycles. The maximum absolute atomic E-state index is 14.3. The first-order chi connectivity index (χ1) is 18.5. The zero-order valence-electron chi connectivity index (χ0n) is 19.1. The summed E-state index contributed by atoms with van der Waals surface area (Å²) in [5.74, 6) is -51.7. The van der Waals surface area contributed by atoms with Gasteiger partial charge in [-0.15, -0.1) is 0 Å². The van der Waals surface area contributed by atoms with Crippen LogP contribution >= 0.6 is 0 Å². The van der Waals surface area contributed by atoms with Gasteiger partial charge in [-0.25, -0.2) is 4.79 Å². The Morgan fingerprint density at radius 2 is 1.19 bits per heavy atom. The van der Waals surface area contributed by atoms with Gasteiger partial charge in [0.25, 0.3) is 5.56 Å². The average molecular weight is 662 g/mol. The van der Waals surface area contributed by atoms with Crippen LogP contribution < -0.4 is 11.2 Å². The summed E-state index contributed by atoms with van der Waals surface area (Å²) in [6.45, 7) is -1.49. The van der Waals surface area contributed by atoms with Crippen molar-refractivity contribution in [1.29, 1.82) is 0 Å². The van der Waals surface area contributed by atoms with Crippen LogP contribution in [0.4, 0.5) is 74.6 Å².